The Bertz CT molecular complexity index is 402. The van der Waals surface area contributed by atoms with Crippen LogP contribution in [0.4, 0.5) is 0 Å². The minimum absolute atomic E-state index is 0.0839. The molecule has 0 amide bonds. The van der Waals surface area contributed by atoms with E-state index in [0.29, 0.717) is 13.0 Å². The van der Waals surface area contributed by atoms with Gasteiger partial charge in [0.1, 0.15) is 13.2 Å². The quantitative estimate of drug-likeness (QED) is 0.212. The van der Waals surface area contributed by atoms with E-state index in [4.69, 9.17) is 4.74 Å². The number of nitrogens with zero attached hydrogens (tertiary/aromatic N) is 1. The van der Waals surface area contributed by atoms with Crippen LogP contribution in [0.3, 0.4) is 0 Å². The van der Waals surface area contributed by atoms with Crippen LogP contribution in [0, 0.1) is 0 Å². The highest BCUT2D eigenvalue weighted by Crippen LogP contribution is 2.19. The van der Waals surface area contributed by atoms with Gasteiger partial charge in [-0.2, -0.15) is 0 Å². The van der Waals surface area contributed by atoms with Crippen molar-refractivity contribution in [3.05, 3.63) is 0 Å². The molecule has 0 aromatic carbocycles. The van der Waals surface area contributed by atoms with Crippen LogP contribution in [0.25, 0.3) is 0 Å². The average molecular weight is 309 g/mol. The molecule has 7 nitrogen and oxygen atoms in total. The summed E-state index contributed by atoms with van der Waals surface area (Å²) in [5.74, 6) is -0.291. The van der Waals surface area contributed by atoms with Crippen LogP contribution in [0.5, 0.6) is 0 Å². The molecule has 0 radical (unpaired) electrons. The van der Waals surface area contributed by atoms with Crippen molar-refractivity contribution in [2.45, 2.75) is 32.6 Å². The smallest absolute Gasteiger partial charge is 0.302 e. The zero-order valence-corrected chi connectivity index (χ0v) is 12.7. The van der Waals surface area contributed by atoms with Gasteiger partial charge in [0.2, 0.25) is 10.4 Å². The molecule has 0 bridgehead atoms. The summed E-state index contributed by atoms with van der Waals surface area (Å²) in [6.45, 7) is 5.11. The summed E-state index contributed by atoms with van der Waals surface area (Å²) in [7, 11) is -4.60. The summed E-state index contributed by atoms with van der Waals surface area (Å²) < 4.78 is 41.1. The molecule has 0 N–H and O–H groups in total. The van der Waals surface area contributed by atoms with Crippen molar-refractivity contribution >= 4 is 16.4 Å². The number of piperidine rings is 1. The molecule has 1 aliphatic rings. The fraction of sp³-hybridized carbons (Fsp3) is 0.917. The summed E-state index contributed by atoms with van der Waals surface area (Å²) in [5, 5.41) is 0. The minimum atomic E-state index is -4.60. The van der Waals surface area contributed by atoms with Gasteiger partial charge in [-0.25, -0.2) is 8.42 Å². The fourth-order valence-electron chi connectivity index (χ4n) is 2.69. The third kappa shape index (κ3) is 7.18. The Morgan fingerprint density at radius 3 is 2.35 bits per heavy atom. The summed E-state index contributed by atoms with van der Waals surface area (Å²) in [6.07, 6.45) is 3.92. The van der Waals surface area contributed by atoms with Gasteiger partial charge in [-0.05, 0) is 19.3 Å². The molecule has 0 saturated carbocycles. The van der Waals surface area contributed by atoms with Gasteiger partial charge in [-0.3, -0.25) is 8.98 Å². The lowest BCUT2D eigenvalue weighted by Gasteiger charge is -2.41. The predicted molar refractivity (Wildman–Crippen MR) is 70.5 cm³/mol. The van der Waals surface area contributed by atoms with Crippen molar-refractivity contribution in [1.82, 2.24) is 0 Å². The highest BCUT2D eigenvalue weighted by molar-refractivity contribution is 7.80. The van der Waals surface area contributed by atoms with Gasteiger partial charge in [0.15, 0.2) is 0 Å². The van der Waals surface area contributed by atoms with E-state index in [1.165, 1.54) is 13.3 Å². The van der Waals surface area contributed by atoms with Crippen molar-refractivity contribution in [3.63, 3.8) is 0 Å². The van der Waals surface area contributed by atoms with Crippen LogP contribution in [0.1, 0.15) is 32.6 Å². The van der Waals surface area contributed by atoms with E-state index in [9.17, 15) is 17.8 Å². The molecule has 1 rings (SSSR count). The van der Waals surface area contributed by atoms with Crippen LogP contribution in [0.15, 0.2) is 0 Å². The molecule has 0 aromatic rings. The summed E-state index contributed by atoms with van der Waals surface area (Å²) in [5.41, 5.74) is 0. The third-order valence-corrected chi connectivity index (χ3v) is 4.10. The molecule has 8 heteroatoms. The summed E-state index contributed by atoms with van der Waals surface area (Å²) in [6, 6.07) is 0. The van der Waals surface area contributed by atoms with Crippen LogP contribution >= 0.6 is 0 Å². The first-order chi connectivity index (χ1) is 9.33. The zero-order chi connectivity index (χ0) is 15.1. The monoisotopic (exact) mass is 309 g/mol. The van der Waals surface area contributed by atoms with Crippen molar-refractivity contribution in [2.75, 3.05) is 39.4 Å². The molecule has 0 spiro atoms. The number of carbonyl (C=O) groups excluding carboxylic acids is 1. The molecule has 1 fully saturated rings. The van der Waals surface area contributed by atoms with Gasteiger partial charge in [-0.15, -0.1) is 0 Å². The number of likely N-dealkylation sites (tertiary alicyclic amines) is 1. The number of rotatable bonds is 8. The fourth-order valence-corrected chi connectivity index (χ4v) is 3.01. The molecular formula is C12H23NO6S. The van der Waals surface area contributed by atoms with Gasteiger partial charge in [0.05, 0.1) is 26.2 Å². The van der Waals surface area contributed by atoms with Crippen molar-refractivity contribution in [3.8, 4) is 0 Å². The third-order valence-electron chi connectivity index (χ3n) is 3.64. The van der Waals surface area contributed by atoms with Gasteiger partial charge in [0, 0.05) is 13.3 Å². The van der Waals surface area contributed by atoms with Crippen molar-refractivity contribution in [2.24, 2.45) is 0 Å². The molecule has 20 heavy (non-hydrogen) atoms. The summed E-state index contributed by atoms with van der Waals surface area (Å²) in [4.78, 5) is 10.8. The Kier molecular flexibility index (Phi) is 6.87. The Labute approximate surface area is 120 Å². The van der Waals surface area contributed by atoms with Crippen LogP contribution in [-0.4, -0.2) is 62.8 Å². The molecule has 118 valence electrons. The Hall–Kier alpha value is -0.700. The maximum absolute atomic E-state index is 10.8. The molecule has 1 saturated heterocycles. The second-order valence-electron chi connectivity index (χ2n) is 5.22. The molecule has 1 heterocycles. The summed E-state index contributed by atoms with van der Waals surface area (Å²) >= 11 is 0. The topological polar surface area (TPSA) is 92.7 Å². The van der Waals surface area contributed by atoms with E-state index in [1.54, 1.807) is 0 Å². The molecule has 0 aromatic heterocycles. The number of hydrogen-bond donors (Lipinski definition) is 0. The molecule has 0 atom stereocenters. The van der Waals surface area contributed by atoms with Crippen molar-refractivity contribution < 1.29 is 31.2 Å². The minimum Gasteiger partial charge on any atom is -0.726 e. The molecular weight excluding hydrogens is 286 g/mol. The van der Waals surface area contributed by atoms with E-state index < -0.39 is 10.4 Å². The average Bonchev–Trinajstić information content (AvgIpc) is 2.34. The standard InChI is InChI=1S/C12H23NO6S/c1-12(14)18-11-9-13(6-3-2-4-7-13)8-5-10-19-20(15,16)17/h2-11H2,1H3. The second kappa shape index (κ2) is 7.92. The van der Waals surface area contributed by atoms with Crippen LogP contribution < -0.4 is 0 Å². The largest absolute Gasteiger partial charge is 0.726 e. The van der Waals surface area contributed by atoms with E-state index in [-0.39, 0.29) is 12.6 Å². The lowest BCUT2D eigenvalue weighted by molar-refractivity contribution is -0.932. The number of carbonyl (C=O) groups is 1. The van der Waals surface area contributed by atoms with E-state index in [1.807, 2.05) is 0 Å². The predicted octanol–water partition coefficient (Wildman–Crippen LogP) is 0.417. The molecule has 1 aliphatic heterocycles. The van der Waals surface area contributed by atoms with Gasteiger partial charge in [0.25, 0.3) is 0 Å². The second-order valence-corrected chi connectivity index (χ2v) is 6.27. The Morgan fingerprint density at radius 2 is 1.80 bits per heavy atom. The first-order valence-corrected chi connectivity index (χ1v) is 8.25. The SMILES string of the molecule is CC(=O)OCC[N+]1(CCCOS(=O)(=O)[O-])CCCCC1. The number of hydrogen-bond acceptors (Lipinski definition) is 6. The lowest BCUT2D eigenvalue weighted by Crippen LogP contribution is -2.54. The zero-order valence-electron chi connectivity index (χ0n) is 11.9. The van der Waals surface area contributed by atoms with Gasteiger partial charge < -0.3 is 13.8 Å². The first kappa shape index (κ1) is 17.4. The lowest BCUT2D eigenvalue weighted by atomic mass is 10.1. The van der Waals surface area contributed by atoms with Crippen LogP contribution in [0.2, 0.25) is 0 Å². The van der Waals surface area contributed by atoms with E-state index in [2.05, 4.69) is 4.18 Å². The number of quaternary nitrogens is 1. The van der Waals surface area contributed by atoms with E-state index in [0.717, 1.165) is 43.5 Å². The maximum Gasteiger partial charge on any atom is 0.302 e. The Balaban J connectivity index is 2.40. The first-order valence-electron chi connectivity index (χ1n) is 6.92. The van der Waals surface area contributed by atoms with E-state index >= 15 is 0 Å². The highest BCUT2D eigenvalue weighted by Gasteiger charge is 2.29. The highest BCUT2D eigenvalue weighted by atomic mass is 32.3. The van der Waals surface area contributed by atoms with Gasteiger partial charge >= 0.3 is 5.97 Å². The number of esters is 1. The molecule has 0 aliphatic carbocycles. The van der Waals surface area contributed by atoms with Gasteiger partial charge in [-0.1, -0.05) is 0 Å². The molecule has 0 unspecified atom stereocenters. The normalized spacial score (nSPS) is 18.7. The number of ether oxygens (including phenoxy) is 1. The van der Waals surface area contributed by atoms with Crippen molar-refractivity contribution in [1.29, 1.82) is 0 Å². The van der Waals surface area contributed by atoms with Crippen LogP contribution in [-0.2, 0) is 24.1 Å². The maximum atomic E-state index is 10.8. The Morgan fingerprint density at radius 1 is 1.15 bits per heavy atom.